The molecule has 0 unspecified atom stereocenters. The number of hydrogen-bond acceptors (Lipinski definition) is 2. The molecule has 3 aromatic rings. The summed E-state index contributed by atoms with van der Waals surface area (Å²) in [7, 11) is 0. The maximum absolute atomic E-state index is 13.2. The van der Waals surface area contributed by atoms with Crippen molar-refractivity contribution in [3.63, 3.8) is 0 Å². The van der Waals surface area contributed by atoms with Crippen LogP contribution in [0.25, 0.3) is 16.9 Å². The molecule has 0 aliphatic carbocycles. The molecular formula is C15H11ClF3N3. The molecule has 0 spiro atoms. The quantitative estimate of drug-likeness (QED) is 0.650. The lowest BCUT2D eigenvalue weighted by atomic mass is 10.0. The summed E-state index contributed by atoms with van der Waals surface area (Å²) < 4.78 is 40.4. The number of benzene rings is 1. The van der Waals surface area contributed by atoms with Gasteiger partial charge in [-0.05, 0) is 37.1 Å². The van der Waals surface area contributed by atoms with Gasteiger partial charge in [-0.25, -0.2) is 9.50 Å². The van der Waals surface area contributed by atoms with Crippen LogP contribution >= 0.6 is 11.6 Å². The van der Waals surface area contributed by atoms with Crippen molar-refractivity contribution in [3.05, 3.63) is 52.3 Å². The SMILES string of the molecule is Cc1ccc(-c2cc(C(F)(F)F)n3ncc(Cl)c3n2)cc1C. The zero-order valence-electron chi connectivity index (χ0n) is 11.7. The van der Waals surface area contributed by atoms with Gasteiger partial charge in [0.25, 0.3) is 0 Å². The molecule has 0 saturated heterocycles. The van der Waals surface area contributed by atoms with E-state index in [0.717, 1.165) is 23.4 Å². The Hall–Kier alpha value is -2.08. The molecule has 7 heteroatoms. The van der Waals surface area contributed by atoms with Crippen molar-refractivity contribution >= 4 is 17.2 Å². The number of halogens is 4. The molecule has 0 aliphatic heterocycles. The summed E-state index contributed by atoms with van der Waals surface area (Å²) in [5, 5.41) is 3.73. The molecule has 0 saturated carbocycles. The van der Waals surface area contributed by atoms with E-state index in [1.165, 1.54) is 0 Å². The molecule has 0 N–H and O–H groups in total. The fraction of sp³-hybridized carbons (Fsp3) is 0.200. The van der Waals surface area contributed by atoms with Gasteiger partial charge >= 0.3 is 6.18 Å². The number of fused-ring (bicyclic) bond motifs is 1. The Balaban J connectivity index is 2.30. The monoisotopic (exact) mass is 325 g/mol. The van der Waals surface area contributed by atoms with Gasteiger partial charge in [0.15, 0.2) is 11.3 Å². The van der Waals surface area contributed by atoms with Crippen molar-refractivity contribution in [3.8, 4) is 11.3 Å². The highest BCUT2D eigenvalue weighted by molar-refractivity contribution is 6.33. The van der Waals surface area contributed by atoms with Crippen LogP contribution in [0.1, 0.15) is 16.8 Å². The second-order valence-corrected chi connectivity index (χ2v) is 5.46. The summed E-state index contributed by atoms with van der Waals surface area (Å²) in [5.41, 5.74) is 1.94. The van der Waals surface area contributed by atoms with Crippen molar-refractivity contribution in [2.24, 2.45) is 0 Å². The van der Waals surface area contributed by atoms with Crippen LogP contribution in [0.15, 0.2) is 30.5 Å². The highest BCUT2D eigenvalue weighted by Gasteiger charge is 2.35. The van der Waals surface area contributed by atoms with Crippen LogP contribution in [0.2, 0.25) is 5.02 Å². The molecule has 0 amide bonds. The first-order chi connectivity index (χ1) is 10.3. The predicted octanol–water partition coefficient (Wildman–Crippen LogP) is 4.69. The Morgan fingerprint density at radius 1 is 1.09 bits per heavy atom. The smallest absolute Gasteiger partial charge is 0.227 e. The zero-order valence-corrected chi connectivity index (χ0v) is 12.5. The Labute approximate surface area is 129 Å². The largest absolute Gasteiger partial charge is 0.433 e. The van der Waals surface area contributed by atoms with E-state index in [1.807, 2.05) is 19.9 Å². The van der Waals surface area contributed by atoms with E-state index in [0.29, 0.717) is 10.1 Å². The molecule has 114 valence electrons. The van der Waals surface area contributed by atoms with Crippen molar-refractivity contribution in [1.82, 2.24) is 14.6 Å². The van der Waals surface area contributed by atoms with Gasteiger partial charge in [0.1, 0.15) is 5.02 Å². The molecule has 0 atom stereocenters. The first-order valence-corrected chi connectivity index (χ1v) is 6.84. The molecular weight excluding hydrogens is 315 g/mol. The van der Waals surface area contributed by atoms with E-state index in [-0.39, 0.29) is 16.4 Å². The maximum atomic E-state index is 13.2. The molecule has 3 nitrogen and oxygen atoms in total. The molecule has 0 bridgehead atoms. The summed E-state index contributed by atoms with van der Waals surface area (Å²) in [5.74, 6) is 0. The van der Waals surface area contributed by atoms with Crippen molar-refractivity contribution < 1.29 is 13.2 Å². The Morgan fingerprint density at radius 3 is 2.45 bits per heavy atom. The van der Waals surface area contributed by atoms with Crippen LogP contribution in [0.5, 0.6) is 0 Å². The van der Waals surface area contributed by atoms with Gasteiger partial charge in [-0.1, -0.05) is 23.7 Å². The summed E-state index contributed by atoms with van der Waals surface area (Å²) in [4.78, 5) is 4.22. The lowest BCUT2D eigenvalue weighted by Crippen LogP contribution is -2.13. The van der Waals surface area contributed by atoms with Crippen LogP contribution in [0, 0.1) is 13.8 Å². The van der Waals surface area contributed by atoms with E-state index in [2.05, 4.69) is 10.1 Å². The first-order valence-electron chi connectivity index (χ1n) is 6.46. The minimum atomic E-state index is -4.55. The van der Waals surface area contributed by atoms with Gasteiger partial charge in [-0.15, -0.1) is 0 Å². The van der Waals surface area contributed by atoms with Crippen molar-refractivity contribution in [1.29, 1.82) is 0 Å². The van der Waals surface area contributed by atoms with Gasteiger partial charge in [0.05, 0.1) is 11.9 Å². The van der Waals surface area contributed by atoms with Crippen molar-refractivity contribution in [2.75, 3.05) is 0 Å². The number of nitrogens with zero attached hydrogens (tertiary/aromatic N) is 3. The third-order valence-corrected chi connectivity index (χ3v) is 3.79. The lowest BCUT2D eigenvalue weighted by Gasteiger charge is -2.12. The predicted molar refractivity (Wildman–Crippen MR) is 77.9 cm³/mol. The average Bonchev–Trinajstić information content (AvgIpc) is 2.81. The van der Waals surface area contributed by atoms with Crippen LogP contribution in [0.4, 0.5) is 13.2 Å². The third-order valence-electron chi connectivity index (χ3n) is 3.52. The molecule has 0 fully saturated rings. The Bertz CT molecular complexity index is 868. The number of aryl methyl sites for hydroxylation is 2. The van der Waals surface area contributed by atoms with Gasteiger partial charge in [0, 0.05) is 5.56 Å². The van der Waals surface area contributed by atoms with E-state index < -0.39 is 11.9 Å². The summed E-state index contributed by atoms with van der Waals surface area (Å²) >= 11 is 5.90. The summed E-state index contributed by atoms with van der Waals surface area (Å²) in [6.45, 7) is 3.83. The Morgan fingerprint density at radius 2 is 1.82 bits per heavy atom. The molecule has 1 aromatic carbocycles. The van der Waals surface area contributed by atoms with Gasteiger partial charge < -0.3 is 0 Å². The lowest BCUT2D eigenvalue weighted by molar-refractivity contribution is -0.142. The first kappa shape index (κ1) is 14.8. The Kier molecular flexibility index (Phi) is 3.36. The highest BCUT2D eigenvalue weighted by atomic mass is 35.5. The fourth-order valence-corrected chi connectivity index (χ4v) is 2.35. The molecule has 22 heavy (non-hydrogen) atoms. The van der Waals surface area contributed by atoms with E-state index in [1.54, 1.807) is 12.1 Å². The minimum Gasteiger partial charge on any atom is -0.227 e. The zero-order chi connectivity index (χ0) is 16.1. The average molecular weight is 326 g/mol. The summed E-state index contributed by atoms with van der Waals surface area (Å²) in [6.07, 6.45) is -3.39. The topological polar surface area (TPSA) is 30.2 Å². The number of aromatic nitrogens is 3. The minimum absolute atomic E-state index is 0.00952. The normalized spacial score (nSPS) is 12.1. The fourth-order valence-electron chi connectivity index (χ4n) is 2.19. The van der Waals surface area contributed by atoms with Crippen LogP contribution in [-0.2, 0) is 6.18 Å². The molecule has 3 rings (SSSR count). The van der Waals surface area contributed by atoms with Gasteiger partial charge in [-0.2, -0.15) is 18.3 Å². The van der Waals surface area contributed by atoms with Crippen LogP contribution in [-0.4, -0.2) is 14.6 Å². The second kappa shape index (κ2) is 4.98. The highest BCUT2D eigenvalue weighted by Crippen LogP contribution is 2.33. The van der Waals surface area contributed by atoms with E-state index >= 15 is 0 Å². The number of hydrogen-bond donors (Lipinski definition) is 0. The number of rotatable bonds is 1. The molecule has 0 radical (unpaired) electrons. The van der Waals surface area contributed by atoms with Crippen LogP contribution < -0.4 is 0 Å². The van der Waals surface area contributed by atoms with Gasteiger partial charge in [0.2, 0.25) is 0 Å². The molecule has 0 aliphatic rings. The number of alkyl halides is 3. The van der Waals surface area contributed by atoms with E-state index in [4.69, 9.17) is 11.6 Å². The van der Waals surface area contributed by atoms with Gasteiger partial charge in [-0.3, -0.25) is 0 Å². The third kappa shape index (κ3) is 2.43. The second-order valence-electron chi connectivity index (χ2n) is 5.05. The van der Waals surface area contributed by atoms with Crippen molar-refractivity contribution in [2.45, 2.75) is 20.0 Å². The standard InChI is InChI=1S/C15H11ClF3N3/c1-8-3-4-10(5-9(8)2)12-6-13(15(17,18)19)22-14(21-12)11(16)7-20-22/h3-7H,1-2H3. The maximum Gasteiger partial charge on any atom is 0.433 e. The van der Waals surface area contributed by atoms with E-state index in [9.17, 15) is 13.2 Å². The molecule has 2 aromatic heterocycles. The molecule has 2 heterocycles. The van der Waals surface area contributed by atoms with Crippen LogP contribution in [0.3, 0.4) is 0 Å². The summed E-state index contributed by atoms with van der Waals surface area (Å²) in [6, 6.07) is 6.38.